The van der Waals surface area contributed by atoms with Gasteiger partial charge < -0.3 is 14.7 Å². The number of para-hydroxylation sites is 1. The van der Waals surface area contributed by atoms with E-state index in [-0.39, 0.29) is 11.9 Å². The molecule has 1 N–H and O–H groups in total. The number of anilines is 1. The highest BCUT2D eigenvalue weighted by Crippen LogP contribution is 2.34. The molecule has 1 aliphatic rings. The van der Waals surface area contributed by atoms with E-state index in [0.717, 1.165) is 13.1 Å². The number of hydrogen-bond donors (Lipinski definition) is 1. The second-order valence-electron chi connectivity index (χ2n) is 3.55. The summed E-state index contributed by atoms with van der Waals surface area (Å²) in [5.41, 5.74) is 1.12. The molecule has 1 heterocycles. The second kappa shape index (κ2) is 3.79. The molecular formula is C11H12N2O2. The summed E-state index contributed by atoms with van der Waals surface area (Å²) < 4.78 is 5.15. The number of benzene rings is 1. The number of aromatic hydroxyl groups is 1. The summed E-state index contributed by atoms with van der Waals surface area (Å²) in [6, 6.07) is 7.04. The fraction of sp³-hybridized carbons (Fsp3) is 0.364. The lowest BCUT2D eigenvalue weighted by Gasteiger charge is -2.40. The Labute approximate surface area is 88.3 Å². The van der Waals surface area contributed by atoms with Crippen molar-refractivity contribution in [3.05, 3.63) is 23.8 Å². The van der Waals surface area contributed by atoms with Crippen LogP contribution in [0.1, 0.15) is 5.56 Å². The Balaban J connectivity index is 2.25. The van der Waals surface area contributed by atoms with E-state index in [0.29, 0.717) is 11.3 Å². The Bertz CT molecular complexity index is 406. The quantitative estimate of drug-likeness (QED) is 0.783. The van der Waals surface area contributed by atoms with Gasteiger partial charge in [0.15, 0.2) is 0 Å². The van der Waals surface area contributed by atoms with E-state index >= 15 is 0 Å². The number of ether oxygens (including phenoxy) is 1. The molecule has 2 rings (SSSR count). The van der Waals surface area contributed by atoms with E-state index in [2.05, 4.69) is 6.07 Å². The Morgan fingerprint density at radius 1 is 1.53 bits per heavy atom. The Kier molecular flexibility index (Phi) is 2.48. The van der Waals surface area contributed by atoms with Crippen molar-refractivity contribution in [3.8, 4) is 11.8 Å². The zero-order chi connectivity index (χ0) is 10.8. The first kappa shape index (κ1) is 9.81. The van der Waals surface area contributed by atoms with Crippen LogP contribution in [0.3, 0.4) is 0 Å². The molecule has 15 heavy (non-hydrogen) atoms. The molecule has 0 amide bonds. The molecule has 4 nitrogen and oxygen atoms in total. The molecule has 0 aromatic heterocycles. The molecule has 0 bridgehead atoms. The van der Waals surface area contributed by atoms with Crippen LogP contribution in [-0.2, 0) is 4.74 Å². The number of nitriles is 1. The van der Waals surface area contributed by atoms with Gasteiger partial charge in [0, 0.05) is 20.2 Å². The standard InChI is InChI=1S/C11H12N2O2/c1-15-9-6-13(7-9)11-8(5-12)3-2-4-10(11)14/h2-4,9,14H,6-7H2,1H3. The van der Waals surface area contributed by atoms with E-state index in [4.69, 9.17) is 10.00 Å². The lowest BCUT2D eigenvalue weighted by atomic mass is 10.1. The van der Waals surface area contributed by atoms with Gasteiger partial charge in [0.05, 0.1) is 17.4 Å². The maximum Gasteiger partial charge on any atom is 0.140 e. The van der Waals surface area contributed by atoms with Crippen LogP contribution in [0.4, 0.5) is 5.69 Å². The SMILES string of the molecule is COC1CN(c2c(O)cccc2C#N)C1. The highest BCUT2D eigenvalue weighted by Gasteiger charge is 2.29. The van der Waals surface area contributed by atoms with Crippen molar-refractivity contribution in [2.24, 2.45) is 0 Å². The third kappa shape index (κ3) is 1.62. The monoisotopic (exact) mass is 204 g/mol. The van der Waals surface area contributed by atoms with Crippen molar-refractivity contribution in [1.29, 1.82) is 5.26 Å². The summed E-state index contributed by atoms with van der Waals surface area (Å²) in [6.45, 7) is 1.45. The highest BCUT2D eigenvalue weighted by molar-refractivity contribution is 5.68. The van der Waals surface area contributed by atoms with Crippen LogP contribution in [0.5, 0.6) is 5.75 Å². The van der Waals surface area contributed by atoms with Gasteiger partial charge in [-0.3, -0.25) is 0 Å². The minimum Gasteiger partial charge on any atom is -0.506 e. The lowest BCUT2D eigenvalue weighted by molar-refractivity contribution is 0.0785. The van der Waals surface area contributed by atoms with E-state index < -0.39 is 0 Å². The molecule has 1 saturated heterocycles. The van der Waals surface area contributed by atoms with Crippen molar-refractivity contribution in [2.75, 3.05) is 25.1 Å². The fourth-order valence-electron chi connectivity index (χ4n) is 1.72. The van der Waals surface area contributed by atoms with Gasteiger partial charge in [-0.2, -0.15) is 5.26 Å². The van der Waals surface area contributed by atoms with Crippen molar-refractivity contribution in [2.45, 2.75) is 6.10 Å². The predicted octanol–water partition coefficient (Wildman–Crippen LogP) is 1.10. The smallest absolute Gasteiger partial charge is 0.140 e. The van der Waals surface area contributed by atoms with Crippen LogP contribution in [0.2, 0.25) is 0 Å². The summed E-state index contributed by atoms with van der Waals surface area (Å²) in [6.07, 6.45) is 0.205. The highest BCUT2D eigenvalue weighted by atomic mass is 16.5. The Hall–Kier alpha value is -1.73. The number of hydrogen-bond acceptors (Lipinski definition) is 4. The van der Waals surface area contributed by atoms with Crippen molar-refractivity contribution >= 4 is 5.69 Å². The van der Waals surface area contributed by atoms with Gasteiger partial charge in [-0.1, -0.05) is 6.07 Å². The topological polar surface area (TPSA) is 56.5 Å². The summed E-state index contributed by atoms with van der Waals surface area (Å²) in [5, 5.41) is 18.6. The Morgan fingerprint density at radius 3 is 2.87 bits per heavy atom. The lowest BCUT2D eigenvalue weighted by Crippen LogP contribution is -2.52. The van der Waals surface area contributed by atoms with E-state index in [9.17, 15) is 5.11 Å². The van der Waals surface area contributed by atoms with Gasteiger partial charge in [0.1, 0.15) is 11.8 Å². The molecule has 1 aromatic rings. The number of rotatable bonds is 2. The molecule has 1 aliphatic heterocycles. The molecule has 4 heteroatoms. The number of phenolic OH excluding ortho intramolecular Hbond substituents is 1. The minimum atomic E-state index is 0.156. The first-order valence-corrected chi connectivity index (χ1v) is 4.76. The molecule has 0 radical (unpaired) electrons. The van der Waals surface area contributed by atoms with Gasteiger partial charge in [0.25, 0.3) is 0 Å². The Morgan fingerprint density at radius 2 is 2.27 bits per heavy atom. The second-order valence-corrected chi connectivity index (χ2v) is 3.55. The third-order valence-electron chi connectivity index (χ3n) is 2.63. The average molecular weight is 204 g/mol. The number of nitrogens with zero attached hydrogens (tertiary/aromatic N) is 2. The largest absolute Gasteiger partial charge is 0.506 e. The zero-order valence-corrected chi connectivity index (χ0v) is 8.47. The maximum absolute atomic E-state index is 9.68. The van der Waals surface area contributed by atoms with Crippen LogP contribution in [0.25, 0.3) is 0 Å². The minimum absolute atomic E-state index is 0.156. The van der Waals surface area contributed by atoms with Crippen LogP contribution in [0, 0.1) is 11.3 Å². The van der Waals surface area contributed by atoms with Crippen LogP contribution in [0.15, 0.2) is 18.2 Å². The zero-order valence-electron chi connectivity index (χ0n) is 8.47. The van der Waals surface area contributed by atoms with Crippen molar-refractivity contribution in [3.63, 3.8) is 0 Å². The summed E-state index contributed by atoms with van der Waals surface area (Å²) in [7, 11) is 1.66. The molecule has 1 aromatic carbocycles. The van der Waals surface area contributed by atoms with E-state index in [1.165, 1.54) is 0 Å². The predicted molar refractivity (Wildman–Crippen MR) is 55.8 cm³/mol. The number of methoxy groups -OCH3 is 1. The molecule has 0 unspecified atom stereocenters. The molecule has 0 spiro atoms. The molecule has 0 atom stereocenters. The molecule has 0 aliphatic carbocycles. The van der Waals surface area contributed by atoms with Crippen LogP contribution < -0.4 is 4.90 Å². The molecule has 78 valence electrons. The maximum atomic E-state index is 9.68. The fourth-order valence-corrected chi connectivity index (χ4v) is 1.72. The van der Waals surface area contributed by atoms with E-state index in [1.807, 2.05) is 4.90 Å². The van der Waals surface area contributed by atoms with Gasteiger partial charge >= 0.3 is 0 Å². The summed E-state index contributed by atoms with van der Waals surface area (Å²) in [5.74, 6) is 0.156. The number of phenols is 1. The van der Waals surface area contributed by atoms with Crippen LogP contribution >= 0.6 is 0 Å². The van der Waals surface area contributed by atoms with Gasteiger partial charge in [-0.25, -0.2) is 0 Å². The normalized spacial score (nSPS) is 15.9. The van der Waals surface area contributed by atoms with Crippen molar-refractivity contribution in [1.82, 2.24) is 0 Å². The third-order valence-corrected chi connectivity index (χ3v) is 2.63. The summed E-state index contributed by atoms with van der Waals surface area (Å²) >= 11 is 0. The van der Waals surface area contributed by atoms with Gasteiger partial charge in [-0.05, 0) is 12.1 Å². The van der Waals surface area contributed by atoms with Gasteiger partial charge in [0.2, 0.25) is 0 Å². The molecule has 0 saturated carbocycles. The molecule has 1 fully saturated rings. The average Bonchev–Trinajstić information content (AvgIpc) is 2.18. The first-order valence-electron chi connectivity index (χ1n) is 4.76. The first-order chi connectivity index (χ1) is 7.26. The van der Waals surface area contributed by atoms with Gasteiger partial charge in [-0.15, -0.1) is 0 Å². The van der Waals surface area contributed by atoms with Crippen LogP contribution in [-0.4, -0.2) is 31.4 Å². The van der Waals surface area contributed by atoms with E-state index in [1.54, 1.807) is 25.3 Å². The summed E-state index contributed by atoms with van der Waals surface area (Å²) in [4.78, 5) is 1.95. The van der Waals surface area contributed by atoms with Crippen molar-refractivity contribution < 1.29 is 9.84 Å². The molecular weight excluding hydrogens is 192 g/mol.